The van der Waals surface area contributed by atoms with Gasteiger partial charge in [0, 0.05) is 17.3 Å². The van der Waals surface area contributed by atoms with Gasteiger partial charge in [0.25, 0.3) is 0 Å². The maximum atomic E-state index is 5.51. The molecule has 1 aromatic carbocycles. The first kappa shape index (κ1) is 18.4. The van der Waals surface area contributed by atoms with Crippen LogP contribution in [0.4, 0.5) is 0 Å². The zero-order valence-electron chi connectivity index (χ0n) is 16.8. The number of hydrogen-bond acceptors (Lipinski definition) is 7. The van der Waals surface area contributed by atoms with E-state index < -0.39 is 0 Å². The Balaban J connectivity index is 1.49. The van der Waals surface area contributed by atoms with Crippen molar-refractivity contribution < 1.29 is 4.84 Å². The number of hydrogen-bond donors (Lipinski definition) is 0. The van der Waals surface area contributed by atoms with Crippen LogP contribution in [0.5, 0.6) is 0 Å². The fourth-order valence-corrected chi connectivity index (χ4v) is 4.14. The molecule has 4 heterocycles. The number of thiazole rings is 1. The van der Waals surface area contributed by atoms with E-state index in [1.807, 2.05) is 42.6 Å². The maximum Gasteiger partial charge on any atom is 0.195 e. The maximum absolute atomic E-state index is 5.51. The van der Waals surface area contributed by atoms with Crippen molar-refractivity contribution in [2.75, 3.05) is 0 Å². The van der Waals surface area contributed by atoms with E-state index in [1.54, 1.807) is 28.4 Å². The van der Waals surface area contributed by atoms with Crippen LogP contribution in [0.25, 0.3) is 21.8 Å². The summed E-state index contributed by atoms with van der Waals surface area (Å²) in [6.07, 6.45) is 3.47. The molecule has 30 heavy (non-hydrogen) atoms. The van der Waals surface area contributed by atoms with Gasteiger partial charge in [-0.3, -0.25) is 4.57 Å². The number of aryl methyl sites for hydroxylation is 1. The summed E-state index contributed by atoms with van der Waals surface area (Å²) < 4.78 is 3.75. The zero-order chi connectivity index (χ0) is 20.7. The lowest BCUT2D eigenvalue weighted by Gasteiger charge is -2.02. The SMILES string of the molecule is C/C(=N\OCc1nc2c3c(C)c(C)n(-c4nccs4)c3ncn2n1)c1ccccc1. The van der Waals surface area contributed by atoms with Gasteiger partial charge in [0.1, 0.15) is 6.33 Å². The Morgan fingerprint density at radius 1 is 1.13 bits per heavy atom. The minimum Gasteiger partial charge on any atom is -0.387 e. The quantitative estimate of drug-likeness (QED) is 0.318. The normalized spacial score (nSPS) is 12.2. The van der Waals surface area contributed by atoms with Gasteiger partial charge in [-0.25, -0.2) is 19.5 Å². The molecule has 0 saturated carbocycles. The molecule has 0 aliphatic rings. The number of oxime groups is 1. The molecule has 5 rings (SSSR count). The van der Waals surface area contributed by atoms with Crippen molar-refractivity contribution >= 4 is 33.7 Å². The van der Waals surface area contributed by atoms with Gasteiger partial charge in [0.05, 0.1) is 11.1 Å². The van der Waals surface area contributed by atoms with Crippen LogP contribution in [0, 0.1) is 13.8 Å². The molecule has 0 aliphatic carbocycles. The van der Waals surface area contributed by atoms with Crippen molar-refractivity contribution in [1.82, 2.24) is 29.1 Å². The Bertz CT molecular complexity index is 1370. The molecule has 150 valence electrons. The van der Waals surface area contributed by atoms with E-state index >= 15 is 0 Å². The molecule has 0 amide bonds. The highest BCUT2D eigenvalue weighted by Gasteiger charge is 2.19. The Kier molecular flexibility index (Phi) is 4.51. The van der Waals surface area contributed by atoms with Gasteiger partial charge >= 0.3 is 0 Å². The highest BCUT2D eigenvalue weighted by Crippen LogP contribution is 2.30. The largest absolute Gasteiger partial charge is 0.387 e. The second-order valence-corrected chi connectivity index (χ2v) is 7.79. The molecule has 5 aromatic rings. The predicted molar refractivity (Wildman–Crippen MR) is 116 cm³/mol. The van der Waals surface area contributed by atoms with Crippen LogP contribution in [-0.4, -0.2) is 34.8 Å². The second-order valence-electron chi connectivity index (χ2n) is 6.92. The van der Waals surface area contributed by atoms with Crippen molar-refractivity contribution in [3.05, 3.63) is 70.9 Å². The van der Waals surface area contributed by atoms with Crippen molar-refractivity contribution in [2.24, 2.45) is 5.16 Å². The first-order valence-corrected chi connectivity index (χ1v) is 10.3. The summed E-state index contributed by atoms with van der Waals surface area (Å²) in [6, 6.07) is 9.90. The van der Waals surface area contributed by atoms with Crippen LogP contribution in [-0.2, 0) is 11.4 Å². The summed E-state index contributed by atoms with van der Waals surface area (Å²) in [7, 11) is 0. The molecule has 0 aliphatic heterocycles. The van der Waals surface area contributed by atoms with Crippen molar-refractivity contribution in [3.63, 3.8) is 0 Å². The molecule has 0 radical (unpaired) electrons. The fourth-order valence-electron chi connectivity index (χ4n) is 3.45. The number of nitrogens with zero attached hydrogens (tertiary/aromatic N) is 7. The molecule has 0 atom stereocenters. The predicted octanol–water partition coefficient (Wildman–Crippen LogP) is 4.08. The summed E-state index contributed by atoms with van der Waals surface area (Å²) in [5.41, 5.74) is 5.58. The van der Waals surface area contributed by atoms with Gasteiger partial charge in [0.2, 0.25) is 0 Å². The number of benzene rings is 1. The van der Waals surface area contributed by atoms with Crippen molar-refractivity contribution in [3.8, 4) is 5.13 Å². The van der Waals surface area contributed by atoms with Gasteiger partial charge in [-0.05, 0) is 31.9 Å². The number of aromatic nitrogens is 6. The zero-order valence-corrected chi connectivity index (χ0v) is 17.6. The number of fused-ring (bicyclic) bond motifs is 3. The van der Waals surface area contributed by atoms with E-state index in [-0.39, 0.29) is 6.61 Å². The lowest BCUT2D eigenvalue weighted by atomic mass is 10.1. The fraction of sp³-hybridized carbons (Fsp3) is 0.190. The third-order valence-corrected chi connectivity index (χ3v) is 5.83. The molecule has 0 N–H and O–H groups in total. The smallest absolute Gasteiger partial charge is 0.195 e. The van der Waals surface area contributed by atoms with Gasteiger partial charge in [-0.15, -0.1) is 16.4 Å². The molecular weight excluding hydrogens is 398 g/mol. The van der Waals surface area contributed by atoms with Crippen molar-refractivity contribution in [1.29, 1.82) is 0 Å². The van der Waals surface area contributed by atoms with Crippen LogP contribution in [0.3, 0.4) is 0 Å². The van der Waals surface area contributed by atoms with Crippen LogP contribution in [0.15, 0.2) is 53.4 Å². The minimum atomic E-state index is 0.179. The minimum absolute atomic E-state index is 0.179. The lowest BCUT2D eigenvalue weighted by Crippen LogP contribution is -1.98. The molecule has 8 nitrogen and oxygen atoms in total. The van der Waals surface area contributed by atoms with Gasteiger partial charge < -0.3 is 4.84 Å². The first-order valence-electron chi connectivity index (χ1n) is 9.47. The summed E-state index contributed by atoms with van der Waals surface area (Å²) in [5.74, 6) is 0.549. The average molecular weight is 417 g/mol. The van der Waals surface area contributed by atoms with Crippen LogP contribution < -0.4 is 0 Å². The molecule has 9 heteroatoms. The standard InChI is InChI=1S/C21H19N7OS/c1-13-15(3)28(21-22-9-10-30-21)19-18(13)20-24-17(25-27(20)12-23-19)11-29-26-14(2)16-7-5-4-6-8-16/h4-10,12H,11H2,1-3H3/b26-14+. The molecule has 0 bridgehead atoms. The van der Waals surface area contributed by atoms with E-state index in [9.17, 15) is 0 Å². The molecule has 4 aromatic heterocycles. The van der Waals surface area contributed by atoms with Gasteiger partial charge in [-0.1, -0.05) is 35.5 Å². The Morgan fingerprint density at radius 3 is 2.73 bits per heavy atom. The van der Waals surface area contributed by atoms with E-state index in [0.29, 0.717) is 5.82 Å². The molecule has 0 unspecified atom stereocenters. The molecule has 0 fully saturated rings. The summed E-state index contributed by atoms with van der Waals surface area (Å²) in [6.45, 7) is 6.23. The highest BCUT2D eigenvalue weighted by atomic mass is 32.1. The molecule has 0 spiro atoms. The van der Waals surface area contributed by atoms with Gasteiger partial charge in [0.15, 0.2) is 28.9 Å². The molecular formula is C21H19N7OS. The second kappa shape index (κ2) is 7.34. The monoisotopic (exact) mass is 417 g/mol. The summed E-state index contributed by atoms with van der Waals surface area (Å²) in [5, 5.41) is 12.5. The van der Waals surface area contributed by atoms with E-state index in [1.165, 1.54) is 0 Å². The third-order valence-electron chi connectivity index (χ3n) is 5.07. The topological polar surface area (TPSA) is 82.5 Å². The van der Waals surface area contributed by atoms with Crippen molar-refractivity contribution in [2.45, 2.75) is 27.4 Å². The van der Waals surface area contributed by atoms with E-state index in [2.05, 4.69) is 38.6 Å². The Labute approximate surface area is 176 Å². The van der Waals surface area contributed by atoms with E-state index in [4.69, 9.17) is 9.82 Å². The van der Waals surface area contributed by atoms with Crippen LogP contribution in [0.2, 0.25) is 0 Å². The summed E-state index contributed by atoms with van der Waals surface area (Å²) >= 11 is 1.58. The molecule has 0 saturated heterocycles. The lowest BCUT2D eigenvalue weighted by molar-refractivity contribution is 0.125. The van der Waals surface area contributed by atoms with Crippen LogP contribution in [0.1, 0.15) is 29.6 Å². The van der Waals surface area contributed by atoms with E-state index in [0.717, 1.165) is 44.3 Å². The Hall–Kier alpha value is -3.59. The van der Waals surface area contributed by atoms with Gasteiger partial charge in [-0.2, -0.15) is 0 Å². The third kappa shape index (κ3) is 3.03. The highest BCUT2D eigenvalue weighted by molar-refractivity contribution is 7.12. The first-order chi connectivity index (χ1) is 14.6. The number of rotatable bonds is 5. The average Bonchev–Trinajstić information content (AvgIpc) is 3.48. The summed E-state index contributed by atoms with van der Waals surface area (Å²) in [4.78, 5) is 19.3. The Morgan fingerprint density at radius 2 is 1.97 bits per heavy atom. The van der Waals surface area contributed by atoms with Crippen LogP contribution >= 0.6 is 11.3 Å².